The third-order valence-electron chi connectivity index (χ3n) is 6.27. The highest BCUT2D eigenvalue weighted by atomic mass is 32.2. The number of ketones is 1. The second kappa shape index (κ2) is 9.46. The van der Waals surface area contributed by atoms with Gasteiger partial charge in [-0.2, -0.15) is 0 Å². The van der Waals surface area contributed by atoms with Crippen LogP contribution in [0.3, 0.4) is 0 Å². The Balaban J connectivity index is 1.45. The second-order valence-corrected chi connectivity index (χ2v) is 10.2. The van der Waals surface area contributed by atoms with E-state index in [1.54, 1.807) is 6.07 Å². The molecule has 7 nitrogen and oxygen atoms in total. The minimum atomic E-state index is -3.76. The summed E-state index contributed by atoms with van der Waals surface area (Å²) in [6.07, 6.45) is 1.59. The number of carbonyl (C=O) groups excluding carboxylic acids is 2. The Bertz CT molecular complexity index is 1340. The number of benzene rings is 2. The first kappa shape index (κ1) is 23.8. The number of sulfonamides is 1. The lowest BCUT2D eigenvalue weighted by atomic mass is 10.0. The molecule has 1 aliphatic rings. The molecule has 0 amide bonds. The van der Waals surface area contributed by atoms with Gasteiger partial charge in [-0.3, -0.25) is 9.10 Å². The maximum Gasteiger partial charge on any atom is 0.338 e. The van der Waals surface area contributed by atoms with Gasteiger partial charge in [-0.25, -0.2) is 13.2 Å². The number of aryl methyl sites for hydroxylation is 2. The van der Waals surface area contributed by atoms with E-state index in [0.29, 0.717) is 17.8 Å². The average Bonchev–Trinajstić information content (AvgIpc) is 3.14. The number of esters is 1. The molecule has 0 saturated heterocycles. The van der Waals surface area contributed by atoms with Crippen molar-refractivity contribution >= 4 is 27.5 Å². The first-order valence-corrected chi connectivity index (χ1v) is 12.8. The zero-order valence-corrected chi connectivity index (χ0v) is 20.4. The minimum absolute atomic E-state index is 0.101. The van der Waals surface area contributed by atoms with Gasteiger partial charge in [-0.05, 0) is 75.6 Å². The number of anilines is 1. The first-order chi connectivity index (χ1) is 16.2. The Morgan fingerprint density at radius 3 is 2.41 bits per heavy atom. The highest BCUT2D eigenvalue weighted by molar-refractivity contribution is 7.92. The van der Waals surface area contributed by atoms with E-state index in [4.69, 9.17) is 4.74 Å². The summed E-state index contributed by atoms with van der Waals surface area (Å²) in [5.74, 6) is -0.950. The topological polar surface area (TPSA) is 85.7 Å². The van der Waals surface area contributed by atoms with E-state index in [0.717, 1.165) is 36.3 Å². The zero-order chi connectivity index (χ0) is 24.5. The van der Waals surface area contributed by atoms with Crippen LogP contribution in [-0.4, -0.2) is 37.9 Å². The van der Waals surface area contributed by atoms with Crippen LogP contribution in [0.25, 0.3) is 0 Å². The van der Waals surface area contributed by atoms with Gasteiger partial charge in [0.2, 0.25) is 5.78 Å². The van der Waals surface area contributed by atoms with Crippen LogP contribution in [0.15, 0.2) is 59.5 Å². The van der Waals surface area contributed by atoms with Crippen molar-refractivity contribution in [2.24, 2.45) is 0 Å². The summed E-state index contributed by atoms with van der Waals surface area (Å²) >= 11 is 0. The van der Waals surface area contributed by atoms with Crippen molar-refractivity contribution in [3.05, 3.63) is 82.7 Å². The molecular formula is C26H28N2O5S. The molecule has 0 unspecified atom stereocenters. The van der Waals surface area contributed by atoms with Crippen LogP contribution in [0.2, 0.25) is 0 Å². The van der Waals surface area contributed by atoms with Gasteiger partial charge >= 0.3 is 5.97 Å². The predicted octanol–water partition coefficient (Wildman–Crippen LogP) is 4.31. The number of aromatic nitrogens is 1. The number of hydrogen-bond acceptors (Lipinski definition) is 5. The van der Waals surface area contributed by atoms with Gasteiger partial charge in [0.25, 0.3) is 10.0 Å². The van der Waals surface area contributed by atoms with Crippen LogP contribution in [0.4, 0.5) is 5.69 Å². The summed E-state index contributed by atoms with van der Waals surface area (Å²) in [6.45, 7) is 6.58. The number of para-hydroxylation sites is 1. The van der Waals surface area contributed by atoms with Crippen molar-refractivity contribution in [3.8, 4) is 0 Å². The highest BCUT2D eigenvalue weighted by Gasteiger charge is 2.29. The third-order valence-corrected chi connectivity index (χ3v) is 8.10. The number of Topliss-reactive ketones (excluding diaryl/α,β-unsaturated/α-hetero) is 1. The molecule has 1 aromatic heterocycles. The average molecular weight is 481 g/mol. The third kappa shape index (κ3) is 4.37. The van der Waals surface area contributed by atoms with Crippen molar-refractivity contribution in [2.45, 2.75) is 45.1 Å². The normalized spacial score (nSPS) is 13.4. The molecule has 8 heteroatoms. The molecule has 3 aromatic rings. The van der Waals surface area contributed by atoms with Crippen LogP contribution in [0, 0.1) is 13.8 Å². The maximum absolute atomic E-state index is 13.3. The molecule has 0 bridgehead atoms. The smallest absolute Gasteiger partial charge is 0.338 e. The molecule has 0 aliphatic carbocycles. The lowest BCUT2D eigenvalue weighted by molar-refractivity contribution is 0.0474. The Morgan fingerprint density at radius 2 is 1.74 bits per heavy atom. The van der Waals surface area contributed by atoms with E-state index >= 15 is 0 Å². The summed E-state index contributed by atoms with van der Waals surface area (Å²) in [5.41, 5.74) is 4.23. The number of ether oxygens (including phenoxy) is 1. The monoisotopic (exact) mass is 480 g/mol. The van der Waals surface area contributed by atoms with E-state index in [-0.39, 0.29) is 22.8 Å². The Kier molecular flexibility index (Phi) is 6.61. The molecule has 178 valence electrons. The maximum atomic E-state index is 13.3. The van der Waals surface area contributed by atoms with E-state index < -0.39 is 16.0 Å². The largest absolute Gasteiger partial charge is 0.454 e. The molecular weight excluding hydrogens is 452 g/mol. The lowest BCUT2D eigenvalue weighted by Gasteiger charge is -2.30. The molecule has 34 heavy (non-hydrogen) atoms. The van der Waals surface area contributed by atoms with Crippen LogP contribution in [0.5, 0.6) is 0 Å². The molecule has 0 fully saturated rings. The number of fused-ring (bicyclic) bond motifs is 1. The van der Waals surface area contributed by atoms with Gasteiger partial charge in [-0.1, -0.05) is 18.2 Å². The fraction of sp³-hybridized carbons (Fsp3) is 0.308. The van der Waals surface area contributed by atoms with Gasteiger partial charge < -0.3 is 9.30 Å². The van der Waals surface area contributed by atoms with Crippen molar-refractivity contribution in [2.75, 3.05) is 17.5 Å². The number of rotatable bonds is 7. The molecule has 0 atom stereocenters. The summed E-state index contributed by atoms with van der Waals surface area (Å²) in [6, 6.07) is 14.9. The van der Waals surface area contributed by atoms with Gasteiger partial charge in [0.15, 0.2) is 6.61 Å². The van der Waals surface area contributed by atoms with Crippen molar-refractivity contribution in [1.29, 1.82) is 0 Å². The van der Waals surface area contributed by atoms with Gasteiger partial charge in [0.05, 0.1) is 16.1 Å². The van der Waals surface area contributed by atoms with Crippen LogP contribution in [0.1, 0.15) is 51.0 Å². The molecule has 2 aromatic carbocycles. The fourth-order valence-corrected chi connectivity index (χ4v) is 6.04. The van der Waals surface area contributed by atoms with Crippen molar-refractivity contribution in [3.63, 3.8) is 0 Å². The molecule has 1 aliphatic heterocycles. The fourth-order valence-electron chi connectivity index (χ4n) is 4.50. The molecule has 0 spiro atoms. The standard InChI is InChI=1S/C26H28N2O5S/c1-4-27-18(2)16-23(19(27)3)25(29)17-33-26(30)21-11-13-22(14-12-21)34(31,32)28-15-7-9-20-8-5-6-10-24(20)28/h5-6,8,10-14,16H,4,7,9,15,17H2,1-3H3. The van der Waals surface area contributed by atoms with E-state index in [1.807, 2.05) is 49.6 Å². The number of nitrogens with zero attached hydrogens (tertiary/aromatic N) is 2. The first-order valence-electron chi connectivity index (χ1n) is 11.3. The molecule has 0 saturated carbocycles. The van der Waals surface area contributed by atoms with Crippen LogP contribution < -0.4 is 4.31 Å². The van der Waals surface area contributed by atoms with Gasteiger partial charge in [0, 0.05) is 30.0 Å². The summed E-state index contributed by atoms with van der Waals surface area (Å²) in [4.78, 5) is 25.1. The molecule has 0 N–H and O–H groups in total. The van der Waals surface area contributed by atoms with Crippen LogP contribution in [-0.2, 0) is 27.7 Å². The van der Waals surface area contributed by atoms with E-state index in [2.05, 4.69) is 0 Å². The second-order valence-electron chi connectivity index (χ2n) is 8.36. The Morgan fingerprint density at radius 1 is 1.03 bits per heavy atom. The zero-order valence-electron chi connectivity index (χ0n) is 19.6. The van der Waals surface area contributed by atoms with Crippen molar-refractivity contribution < 1.29 is 22.7 Å². The quantitative estimate of drug-likeness (QED) is 0.372. The van der Waals surface area contributed by atoms with Gasteiger partial charge in [-0.15, -0.1) is 0 Å². The lowest BCUT2D eigenvalue weighted by Crippen LogP contribution is -2.35. The molecule has 0 radical (unpaired) electrons. The summed E-state index contributed by atoms with van der Waals surface area (Å²) in [7, 11) is -3.76. The predicted molar refractivity (Wildman–Crippen MR) is 130 cm³/mol. The molecule has 4 rings (SSSR count). The van der Waals surface area contributed by atoms with E-state index in [9.17, 15) is 18.0 Å². The van der Waals surface area contributed by atoms with Crippen LogP contribution >= 0.6 is 0 Å². The number of carbonyl (C=O) groups is 2. The summed E-state index contributed by atoms with van der Waals surface area (Å²) in [5, 5.41) is 0. The Hall–Kier alpha value is -3.39. The van der Waals surface area contributed by atoms with Crippen molar-refractivity contribution in [1.82, 2.24) is 4.57 Å². The number of hydrogen-bond donors (Lipinski definition) is 0. The SMILES string of the molecule is CCn1c(C)cc(C(=O)COC(=O)c2ccc(S(=O)(=O)N3CCCc4ccccc43)cc2)c1C. The van der Waals surface area contributed by atoms with Gasteiger partial charge in [0.1, 0.15) is 0 Å². The summed E-state index contributed by atoms with van der Waals surface area (Å²) < 4.78 is 35.2. The highest BCUT2D eigenvalue weighted by Crippen LogP contribution is 2.31. The van der Waals surface area contributed by atoms with E-state index in [1.165, 1.54) is 28.6 Å². The minimum Gasteiger partial charge on any atom is -0.454 e. The molecule has 2 heterocycles. The Labute approximate surface area is 200 Å².